The molecule has 1 aliphatic rings. The van der Waals surface area contributed by atoms with Gasteiger partial charge < -0.3 is 5.11 Å². The number of sulfone groups is 1. The maximum atomic E-state index is 11.0. The van der Waals surface area contributed by atoms with Crippen molar-refractivity contribution in [1.82, 2.24) is 0 Å². The first-order valence-corrected chi connectivity index (χ1v) is 8.08. The monoisotopic (exact) mass is 248 g/mol. The highest BCUT2D eigenvalue weighted by molar-refractivity contribution is 7.90. The molecule has 0 aromatic rings. The van der Waals surface area contributed by atoms with Crippen LogP contribution < -0.4 is 0 Å². The second kappa shape index (κ2) is 4.65. The van der Waals surface area contributed by atoms with Crippen LogP contribution in [0.15, 0.2) is 0 Å². The van der Waals surface area contributed by atoms with E-state index in [0.717, 1.165) is 25.7 Å². The van der Waals surface area contributed by atoms with E-state index in [9.17, 15) is 13.5 Å². The summed E-state index contributed by atoms with van der Waals surface area (Å²) in [6.07, 6.45) is 6.13. The van der Waals surface area contributed by atoms with Crippen LogP contribution in [0.4, 0.5) is 0 Å². The van der Waals surface area contributed by atoms with Crippen LogP contribution in [0.5, 0.6) is 0 Å². The van der Waals surface area contributed by atoms with E-state index in [4.69, 9.17) is 0 Å². The van der Waals surface area contributed by atoms with Gasteiger partial charge >= 0.3 is 0 Å². The second-order valence-corrected chi connectivity index (χ2v) is 8.38. The SMILES string of the molecule is CC1(C)CCC(O)(CCCS(C)(=O)=O)CC1. The topological polar surface area (TPSA) is 54.4 Å². The fourth-order valence-corrected chi connectivity index (χ4v) is 2.97. The zero-order chi connectivity index (χ0) is 12.4. The maximum absolute atomic E-state index is 11.0. The molecule has 0 aromatic heterocycles. The first-order valence-electron chi connectivity index (χ1n) is 6.02. The summed E-state index contributed by atoms with van der Waals surface area (Å²) < 4.78 is 22.0. The van der Waals surface area contributed by atoms with Gasteiger partial charge in [0.15, 0.2) is 0 Å². The summed E-state index contributed by atoms with van der Waals surface area (Å²) in [5, 5.41) is 10.3. The molecule has 0 amide bonds. The lowest BCUT2D eigenvalue weighted by atomic mass is 9.70. The Hall–Kier alpha value is -0.0900. The number of aliphatic hydroxyl groups is 1. The zero-order valence-electron chi connectivity index (χ0n) is 10.6. The van der Waals surface area contributed by atoms with Gasteiger partial charge in [-0.1, -0.05) is 13.8 Å². The predicted octanol–water partition coefficient (Wildman–Crippen LogP) is 2.14. The molecule has 0 saturated heterocycles. The van der Waals surface area contributed by atoms with Gasteiger partial charge in [-0.3, -0.25) is 0 Å². The molecule has 0 bridgehead atoms. The summed E-state index contributed by atoms with van der Waals surface area (Å²) in [5.41, 5.74) is -0.275. The molecule has 1 aliphatic carbocycles. The molecule has 0 aliphatic heterocycles. The van der Waals surface area contributed by atoms with E-state index in [-0.39, 0.29) is 5.75 Å². The van der Waals surface area contributed by atoms with Gasteiger partial charge in [0.05, 0.1) is 5.60 Å². The first-order chi connectivity index (χ1) is 7.12. The van der Waals surface area contributed by atoms with Crippen LogP contribution in [0.1, 0.15) is 52.4 Å². The van der Waals surface area contributed by atoms with E-state index in [1.165, 1.54) is 6.26 Å². The third kappa shape index (κ3) is 4.83. The molecule has 4 heteroatoms. The fraction of sp³-hybridized carbons (Fsp3) is 1.00. The van der Waals surface area contributed by atoms with Crippen molar-refractivity contribution in [3.05, 3.63) is 0 Å². The molecule has 0 spiro atoms. The third-order valence-electron chi connectivity index (χ3n) is 3.69. The van der Waals surface area contributed by atoms with E-state index in [0.29, 0.717) is 18.3 Å². The first kappa shape index (κ1) is 14.0. The molecular formula is C12H24O3S. The van der Waals surface area contributed by atoms with Gasteiger partial charge in [-0.2, -0.15) is 0 Å². The normalized spacial score (nSPS) is 24.2. The van der Waals surface area contributed by atoms with Crippen molar-refractivity contribution in [1.29, 1.82) is 0 Å². The Kier molecular flexibility index (Phi) is 4.06. The van der Waals surface area contributed by atoms with Gasteiger partial charge in [-0.15, -0.1) is 0 Å². The molecule has 0 atom stereocenters. The van der Waals surface area contributed by atoms with Crippen molar-refractivity contribution in [2.45, 2.75) is 58.0 Å². The Balaban J connectivity index is 2.37. The maximum Gasteiger partial charge on any atom is 0.147 e. The zero-order valence-corrected chi connectivity index (χ0v) is 11.4. The second-order valence-electron chi connectivity index (χ2n) is 6.12. The molecule has 1 rings (SSSR count). The Labute approximate surface area is 99.2 Å². The lowest BCUT2D eigenvalue weighted by molar-refractivity contribution is -0.0323. The summed E-state index contributed by atoms with van der Waals surface area (Å²) in [7, 11) is -2.89. The molecule has 0 aromatic carbocycles. The minimum atomic E-state index is -2.89. The van der Waals surface area contributed by atoms with Crippen molar-refractivity contribution in [3.63, 3.8) is 0 Å². The molecule has 0 radical (unpaired) electrons. The largest absolute Gasteiger partial charge is 0.390 e. The fourth-order valence-electron chi connectivity index (χ4n) is 2.31. The van der Waals surface area contributed by atoms with Gasteiger partial charge in [0.2, 0.25) is 0 Å². The number of hydrogen-bond donors (Lipinski definition) is 1. The van der Waals surface area contributed by atoms with Gasteiger partial charge in [0.25, 0.3) is 0 Å². The highest BCUT2D eigenvalue weighted by Gasteiger charge is 2.36. The predicted molar refractivity (Wildman–Crippen MR) is 66.1 cm³/mol. The molecule has 96 valence electrons. The summed E-state index contributed by atoms with van der Waals surface area (Å²) in [4.78, 5) is 0. The Morgan fingerprint density at radius 2 is 1.62 bits per heavy atom. The van der Waals surface area contributed by atoms with E-state index in [2.05, 4.69) is 13.8 Å². The molecule has 1 saturated carbocycles. The van der Waals surface area contributed by atoms with Crippen LogP contribution in [0, 0.1) is 5.41 Å². The van der Waals surface area contributed by atoms with E-state index >= 15 is 0 Å². The van der Waals surface area contributed by atoms with Gasteiger partial charge in [0, 0.05) is 12.0 Å². The van der Waals surface area contributed by atoms with Crippen LogP contribution in [-0.2, 0) is 9.84 Å². The minimum Gasteiger partial charge on any atom is -0.390 e. The Morgan fingerprint density at radius 3 is 2.06 bits per heavy atom. The summed E-state index contributed by atoms with van der Waals surface area (Å²) in [5.74, 6) is 0.193. The number of hydrogen-bond acceptors (Lipinski definition) is 3. The molecule has 0 unspecified atom stereocenters. The average Bonchev–Trinajstić information content (AvgIpc) is 2.09. The van der Waals surface area contributed by atoms with Crippen molar-refractivity contribution in [2.75, 3.05) is 12.0 Å². The minimum absolute atomic E-state index is 0.193. The van der Waals surface area contributed by atoms with Gasteiger partial charge in [0.1, 0.15) is 9.84 Å². The van der Waals surface area contributed by atoms with Crippen molar-refractivity contribution < 1.29 is 13.5 Å². The molecule has 1 N–H and O–H groups in total. The van der Waals surface area contributed by atoms with Gasteiger partial charge in [-0.05, 0) is 43.9 Å². The average molecular weight is 248 g/mol. The van der Waals surface area contributed by atoms with Crippen LogP contribution in [0.25, 0.3) is 0 Å². The summed E-state index contributed by atoms with van der Waals surface area (Å²) in [6.45, 7) is 4.45. The quantitative estimate of drug-likeness (QED) is 0.829. The van der Waals surface area contributed by atoms with Crippen LogP contribution in [-0.4, -0.2) is 31.1 Å². The standard InChI is InChI=1S/C12H24O3S/c1-11(2)6-8-12(13,9-7-11)5-4-10-16(3,14)15/h13H,4-10H2,1-3H3. The van der Waals surface area contributed by atoms with Crippen LogP contribution in [0.3, 0.4) is 0 Å². The summed E-state index contributed by atoms with van der Waals surface area (Å²) >= 11 is 0. The molecule has 1 fully saturated rings. The molecule has 16 heavy (non-hydrogen) atoms. The number of rotatable bonds is 4. The van der Waals surface area contributed by atoms with E-state index in [1.807, 2.05) is 0 Å². The Bertz CT molecular complexity index is 320. The highest BCUT2D eigenvalue weighted by atomic mass is 32.2. The third-order valence-corrected chi connectivity index (χ3v) is 4.72. The lowest BCUT2D eigenvalue weighted by Gasteiger charge is -2.40. The van der Waals surface area contributed by atoms with Crippen LogP contribution >= 0.6 is 0 Å². The smallest absolute Gasteiger partial charge is 0.147 e. The van der Waals surface area contributed by atoms with Crippen molar-refractivity contribution in [3.8, 4) is 0 Å². The summed E-state index contributed by atoms with van der Waals surface area (Å²) in [6, 6.07) is 0. The lowest BCUT2D eigenvalue weighted by Crippen LogP contribution is -2.37. The van der Waals surface area contributed by atoms with Crippen molar-refractivity contribution >= 4 is 9.84 Å². The highest BCUT2D eigenvalue weighted by Crippen LogP contribution is 2.41. The molecule has 0 heterocycles. The van der Waals surface area contributed by atoms with E-state index in [1.54, 1.807) is 0 Å². The molecule has 3 nitrogen and oxygen atoms in total. The Morgan fingerprint density at radius 1 is 1.12 bits per heavy atom. The van der Waals surface area contributed by atoms with Crippen molar-refractivity contribution in [2.24, 2.45) is 5.41 Å². The van der Waals surface area contributed by atoms with Crippen LogP contribution in [0.2, 0.25) is 0 Å². The van der Waals surface area contributed by atoms with Gasteiger partial charge in [-0.25, -0.2) is 8.42 Å². The van der Waals surface area contributed by atoms with E-state index < -0.39 is 15.4 Å². The molecular weight excluding hydrogens is 224 g/mol.